The third kappa shape index (κ3) is 2.87. The lowest BCUT2D eigenvalue weighted by Crippen LogP contribution is -2.28. The van der Waals surface area contributed by atoms with Crippen molar-refractivity contribution in [2.24, 2.45) is 5.73 Å². The normalized spacial score (nSPS) is 11.9. The summed E-state index contributed by atoms with van der Waals surface area (Å²) in [5.74, 6) is -1.27. The highest BCUT2D eigenvalue weighted by Crippen LogP contribution is 2.36. The monoisotopic (exact) mass is 298 g/mol. The maximum absolute atomic E-state index is 13.8. The Bertz CT molecular complexity index is 600. The summed E-state index contributed by atoms with van der Waals surface area (Å²) in [6, 6.07) is 3.75. The third-order valence-electron chi connectivity index (χ3n) is 2.74. The Morgan fingerprint density at radius 1 is 1.30 bits per heavy atom. The Morgan fingerprint density at radius 2 is 1.90 bits per heavy atom. The van der Waals surface area contributed by atoms with Crippen LogP contribution in [0.1, 0.15) is 24.4 Å². The topological polar surface area (TPSA) is 48.1 Å². The molecule has 0 aliphatic heterocycles. The average Bonchev–Trinajstić information content (AvgIpc) is 2.73. The number of nitrogens with two attached hydrogens (primary N) is 1. The molecule has 0 aliphatic carbocycles. The van der Waals surface area contributed by atoms with E-state index in [2.05, 4.69) is 4.98 Å². The second-order valence-electron chi connectivity index (χ2n) is 5.05. The van der Waals surface area contributed by atoms with E-state index < -0.39 is 17.2 Å². The average molecular weight is 298 g/mol. The molecular weight excluding hydrogens is 282 g/mol. The van der Waals surface area contributed by atoms with Gasteiger partial charge in [-0.05, 0) is 26.0 Å². The van der Waals surface area contributed by atoms with E-state index in [-0.39, 0.29) is 17.2 Å². The molecule has 1 heterocycles. The molecule has 0 fully saturated rings. The van der Waals surface area contributed by atoms with Crippen molar-refractivity contribution in [2.45, 2.75) is 26.0 Å². The van der Waals surface area contributed by atoms with E-state index in [0.29, 0.717) is 5.69 Å². The molecule has 0 saturated carbocycles. The summed E-state index contributed by atoms with van der Waals surface area (Å²) in [5.41, 5.74) is 5.93. The van der Waals surface area contributed by atoms with Gasteiger partial charge in [0, 0.05) is 17.5 Å². The fourth-order valence-electron chi connectivity index (χ4n) is 1.90. The first-order valence-electron chi connectivity index (χ1n) is 6.07. The van der Waals surface area contributed by atoms with Crippen molar-refractivity contribution in [3.05, 3.63) is 40.4 Å². The maximum atomic E-state index is 13.8. The lowest BCUT2D eigenvalue weighted by atomic mass is 10.0. The Morgan fingerprint density at radius 3 is 2.40 bits per heavy atom. The van der Waals surface area contributed by atoms with Crippen LogP contribution in [-0.2, 0) is 16.9 Å². The zero-order valence-corrected chi connectivity index (χ0v) is 12.4. The number of benzene rings is 1. The van der Waals surface area contributed by atoms with Gasteiger partial charge in [-0.2, -0.15) is 0 Å². The lowest BCUT2D eigenvalue weighted by Gasteiger charge is -2.17. The van der Waals surface area contributed by atoms with Gasteiger partial charge in [0.1, 0.15) is 16.6 Å². The Labute approximate surface area is 120 Å². The maximum Gasteiger partial charge on any atom is 0.136 e. The molecule has 0 bridgehead atoms. The standard InChI is InChI=1S/C14H16F2N2OS/c1-14(2,17)12-10(7-19-3)18-13(20-12)11-8(15)5-4-6-9(11)16/h4-6H,7,17H2,1-3H3. The van der Waals surface area contributed by atoms with Gasteiger partial charge < -0.3 is 10.5 Å². The van der Waals surface area contributed by atoms with Crippen LogP contribution in [0.2, 0.25) is 0 Å². The molecule has 0 saturated heterocycles. The number of rotatable bonds is 4. The molecular formula is C14H16F2N2OS. The van der Waals surface area contributed by atoms with Crippen molar-refractivity contribution in [3.8, 4) is 10.6 Å². The molecule has 0 radical (unpaired) electrons. The number of hydrogen-bond acceptors (Lipinski definition) is 4. The van der Waals surface area contributed by atoms with Crippen LogP contribution < -0.4 is 5.73 Å². The number of methoxy groups -OCH3 is 1. The quantitative estimate of drug-likeness (QED) is 0.940. The summed E-state index contributed by atoms with van der Waals surface area (Å²) in [5, 5.41) is 0.279. The van der Waals surface area contributed by atoms with Crippen molar-refractivity contribution < 1.29 is 13.5 Å². The molecule has 2 N–H and O–H groups in total. The van der Waals surface area contributed by atoms with E-state index in [1.54, 1.807) is 0 Å². The molecule has 1 aromatic carbocycles. The van der Waals surface area contributed by atoms with Crippen molar-refractivity contribution >= 4 is 11.3 Å². The van der Waals surface area contributed by atoms with Crippen LogP contribution >= 0.6 is 11.3 Å². The smallest absolute Gasteiger partial charge is 0.136 e. The summed E-state index contributed by atoms with van der Waals surface area (Å²) in [6.07, 6.45) is 0. The van der Waals surface area contributed by atoms with Crippen molar-refractivity contribution in [1.29, 1.82) is 0 Å². The zero-order chi connectivity index (χ0) is 14.9. The van der Waals surface area contributed by atoms with E-state index >= 15 is 0 Å². The van der Waals surface area contributed by atoms with Gasteiger partial charge in [-0.1, -0.05) is 6.07 Å². The van der Waals surface area contributed by atoms with Gasteiger partial charge in [-0.25, -0.2) is 13.8 Å². The van der Waals surface area contributed by atoms with Gasteiger partial charge >= 0.3 is 0 Å². The number of hydrogen-bond donors (Lipinski definition) is 1. The van der Waals surface area contributed by atoms with Crippen molar-refractivity contribution in [3.63, 3.8) is 0 Å². The Kier molecular flexibility index (Phi) is 4.17. The molecule has 0 spiro atoms. The largest absolute Gasteiger partial charge is 0.378 e. The highest BCUT2D eigenvalue weighted by molar-refractivity contribution is 7.15. The molecule has 0 atom stereocenters. The van der Waals surface area contributed by atoms with Crippen LogP contribution in [0.3, 0.4) is 0 Å². The number of aromatic nitrogens is 1. The molecule has 0 unspecified atom stereocenters. The van der Waals surface area contributed by atoms with Gasteiger partial charge in [-0.15, -0.1) is 11.3 Å². The van der Waals surface area contributed by atoms with Gasteiger partial charge in [0.15, 0.2) is 0 Å². The lowest BCUT2D eigenvalue weighted by molar-refractivity contribution is 0.180. The molecule has 3 nitrogen and oxygen atoms in total. The first kappa shape index (κ1) is 15.0. The van der Waals surface area contributed by atoms with E-state index in [1.807, 2.05) is 13.8 Å². The predicted molar refractivity (Wildman–Crippen MR) is 75.4 cm³/mol. The summed E-state index contributed by atoms with van der Waals surface area (Å²) in [4.78, 5) is 5.05. The minimum absolute atomic E-state index is 0.120. The highest BCUT2D eigenvalue weighted by atomic mass is 32.1. The number of nitrogens with zero attached hydrogens (tertiary/aromatic N) is 1. The number of halogens is 2. The second kappa shape index (κ2) is 5.55. The van der Waals surface area contributed by atoms with Crippen LogP contribution in [-0.4, -0.2) is 12.1 Å². The van der Waals surface area contributed by atoms with Crippen LogP contribution in [0.5, 0.6) is 0 Å². The first-order chi connectivity index (χ1) is 9.34. The van der Waals surface area contributed by atoms with Crippen LogP contribution in [0.4, 0.5) is 8.78 Å². The van der Waals surface area contributed by atoms with Crippen molar-refractivity contribution in [1.82, 2.24) is 4.98 Å². The molecule has 6 heteroatoms. The molecule has 20 heavy (non-hydrogen) atoms. The fourth-order valence-corrected chi connectivity index (χ4v) is 3.03. The predicted octanol–water partition coefficient (Wildman–Crippen LogP) is 3.43. The third-order valence-corrected chi connectivity index (χ3v) is 4.19. The Hall–Kier alpha value is -1.37. The SMILES string of the molecule is COCc1nc(-c2c(F)cccc2F)sc1C(C)(C)N. The van der Waals surface area contributed by atoms with Gasteiger partial charge in [0.2, 0.25) is 0 Å². The van der Waals surface area contributed by atoms with E-state index in [4.69, 9.17) is 10.5 Å². The van der Waals surface area contributed by atoms with E-state index in [1.165, 1.54) is 36.6 Å². The molecule has 108 valence electrons. The molecule has 0 aliphatic rings. The summed E-state index contributed by atoms with van der Waals surface area (Å²) in [7, 11) is 1.54. The number of thiazole rings is 1. The summed E-state index contributed by atoms with van der Waals surface area (Å²) >= 11 is 1.19. The number of ether oxygens (including phenoxy) is 1. The van der Waals surface area contributed by atoms with Crippen LogP contribution in [0, 0.1) is 11.6 Å². The summed E-state index contributed by atoms with van der Waals surface area (Å²) < 4.78 is 32.7. The van der Waals surface area contributed by atoms with E-state index in [0.717, 1.165) is 4.88 Å². The van der Waals surface area contributed by atoms with Gasteiger partial charge in [-0.3, -0.25) is 0 Å². The van der Waals surface area contributed by atoms with Crippen LogP contribution in [0.15, 0.2) is 18.2 Å². The summed E-state index contributed by atoms with van der Waals surface area (Å²) in [6.45, 7) is 3.89. The minimum atomic E-state index is -0.647. The molecule has 0 amide bonds. The second-order valence-corrected chi connectivity index (χ2v) is 6.05. The highest BCUT2D eigenvalue weighted by Gasteiger charge is 2.25. The van der Waals surface area contributed by atoms with Gasteiger partial charge in [0.25, 0.3) is 0 Å². The fraction of sp³-hybridized carbons (Fsp3) is 0.357. The molecule has 1 aromatic heterocycles. The molecule has 2 aromatic rings. The Balaban J connectivity index is 2.59. The van der Waals surface area contributed by atoms with Crippen LogP contribution in [0.25, 0.3) is 10.6 Å². The molecule has 2 rings (SSSR count). The minimum Gasteiger partial charge on any atom is -0.378 e. The zero-order valence-electron chi connectivity index (χ0n) is 11.5. The first-order valence-corrected chi connectivity index (χ1v) is 6.88. The van der Waals surface area contributed by atoms with Crippen molar-refractivity contribution in [2.75, 3.05) is 7.11 Å². The van der Waals surface area contributed by atoms with E-state index in [9.17, 15) is 8.78 Å². The van der Waals surface area contributed by atoms with Gasteiger partial charge in [0.05, 0.1) is 17.9 Å².